The van der Waals surface area contributed by atoms with Crippen LogP contribution in [0.1, 0.15) is 30.9 Å². The molecule has 3 rings (SSSR count). The van der Waals surface area contributed by atoms with Crippen LogP contribution < -0.4 is 0 Å². The first-order valence-electron chi connectivity index (χ1n) is 7.94. The molecule has 0 saturated carbocycles. The van der Waals surface area contributed by atoms with Crippen LogP contribution in [0.2, 0.25) is 0 Å². The van der Waals surface area contributed by atoms with Crippen molar-refractivity contribution in [3.8, 4) is 22.9 Å². The van der Waals surface area contributed by atoms with E-state index >= 15 is 0 Å². The third-order valence-corrected chi connectivity index (χ3v) is 5.02. The molecule has 0 aliphatic heterocycles. The van der Waals surface area contributed by atoms with E-state index in [0.717, 1.165) is 22.0 Å². The molecule has 0 amide bonds. The van der Waals surface area contributed by atoms with Crippen LogP contribution in [0.15, 0.2) is 41.8 Å². The molecule has 6 nitrogen and oxygen atoms in total. The van der Waals surface area contributed by atoms with E-state index in [-0.39, 0.29) is 17.4 Å². The van der Waals surface area contributed by atoms with Gasteiger partial charge in [-0.25, -0.2) is 0 Å². The fraction of sp³-hybridized carbons (Fsp3) is 0.278. The average Bonchev–Trinajstić information content (AvgIpc) is 2.94. The fourth-order valence-corrected chi connectivity index (χ4v) is 3.39. The predicted molar refractivity (Wildman–Crippen MR) is 97.7 cm³/mol. The van der Waals surface area contributed by atoms with Crippen LogP contribution in [-0.4, -0.2) is 30.0 Å². The lowest BCUT2D eigenvalue weighted by molar-refractivity contribution is 0.444. The summed E-state index contributed by atoms with van der Waals surface area (Å²) in [5, 5.41) is 29.4. The molecule has 0 aliphatic rings. The normalized spacial score (nSPS) is 11.2. The van der Waals surface area contributed by atoms with Crippen LogP contribution in [-0.2, 0) is 12.8 Å². The second-order valence-electron chi connectivity index (χ2n) is 6.10. The van der Waals surface area contributed by atoms with E-state index in [1.165, 1.54) is 6.07 Å². The number of hydrogen-bond donors (Lipinski definition) is 2. The van der Waals surface area contributed by atoms with E-state index in [1.807, 2.05) is 43.8 Å². The van der Waals surface area contributed by atoms with Gasteiger partial charge < -0.3 is 14.8 Å². The number of hydrogen-bond acceptors (Lipinski definition) is 6. The molecule has 7 heteroatoms. The Labute approximate surface area is 150 Å². The molecule has 0 fully saturated rings. The zero-order valence-corrected chi connectivity index (χ0v) is 15.2. The minimum atomic E-state index is -0.0128. The summed E-state index contributed by atoms with van der Waals surface area (Å²) >= 11 is 1.55. The molecule has 0 unspecified atom stereocenters. The number of phenolic OH excluding ortho intramolecular Hbond substituents is 2. The van der Waals surface area contributed by atoms with Crippen LogP contribution in [0.5, 0.6) is 11.5 Å². The SMILES string of the molecule is CC(C)c1cc(-c2nnc(SCc3cccnc3)n2C)c(O)cc1O. The highest BCUT2D eigenvalue weighted by atomic mass is 32.2. The second-order valence-corrected chi connectivity index (χ2v) is 7.04. The van der Waals surface area contributed by atoms with Crippen LogP contribution in [0.4, 0.5) is 0 Å². The smallest absolute Gasteiger partial charge is 0.191 e. The fourth-order valence-electron chi connectivity index (χ4n) is 2.54. The van der Waals surface area contributed by atoms with Gasteiger partial charge in [0.2, 0.25) is 0 Å². The highest BCUT2D eigenvalue weighted by molar-refractivity contribution is 7.98. The van der Waals surface area contributed by atoms with Crippen molar-refractivity contribution in [3.63, 3.8) is 0 Å². The molecule has 2 heterocycles. The summed E-state index contributed by atoms with van der Waals surface area (Å²) in [6.07, 6.45) is 3.57. The van der Waals surface area contributed by atoms with Gasteiger partial charge in [-0.3, -0.25) is 4.98 Å². The van der Waals surface area contributed by atoms with Gasteiger partial charge in [0, 0.05) is 31.3 Å². The molecule has 25 heavy (non-hydrogen) atoms. The third-order valence-electron chi connectivity index (χ3n) is 3.93. The van der Waals surface area contributed by atoms with Gasteiger partial charge in [-0.15, -0.1) is 10.2 Å². The Balaban J connectivity index is 1.89. The van der Waals surface area contributed by atoms with Crippen molar-refractivity contribution >= 4 is 11.8 Å². The number of nitrogens with zero attached hydrogens (tertiary/aromatic N) is 4. The summed E-state index contributed by atoms with van der Waals surface area (Å²) in [6, 6.07) is 7.05. The number of phenols is 2. The number of aromatic nitrogens is 4. The quantitative estimate of drug-likeness (QED) is 0.678. The summed E-state index contributed by atoms with van der Waals surface area (Å²) in [7, 11) is 1.86. The Hall–Kier alpha value is -2.54. The van der Waals surface area contributed by atoms with Gasteiger partial charge in [0.25, 0.3) is 0 Å². The summed E-state index contributed by atoms with van der Waals surface area (Å²) < 4.78 is 1.84. The van der Waals surface area contributed by atoms with E-state index in [0.29, 0.717) is 11.4 Å². The molecule has 0 saturated heterocycles. The lowest BCUT2D eigenvalue weighted by Gasteiger charge is -2.12. The maximum absolute atomic E-state index is 10.2. The zero-order valence-electron chi connectivity index (χ0n) is 14.3. The van der Waals surface area contributed by atoms with Crippen molar-refractivity contribution in [1.29, 1.82) is 0 Å². The van der Waals surface area contributed by atoms with E-state index < -0.39 is 0 Å². The Morgan fingerprint density at radius 1 is 1.16 bits per heavy atom. The van der Waals surface area contributed by atoms with Gasteiger partial charge in [-0.2, -0.15) is 0 Å². The molecule has 0 aliphatic carbocycles. The molecule has 130 valence electrons. The first-order valence-corrected chi connectivity index (χ1v) is 8.93. The highest BCUT2D eigenvalue weighted by Crippen LogP contribution is 2.37. The first kappa shape index (κ1) is 17.3. The lowest BCUT2D eigenvalue weighted by atomic mass is 9.98. The number of rotatable bonds is 5. The summed E-state index contributed by atoms with van der Waals surface area (Å²) in [5.41, 5.74) is 2.43. The van der Waals surface area contributed by atoms with Crippen molar-refractivity contribution in [2.24, 2.45) is 7.05 Å². The van der Waals surface area contributed by atoms with Gasteiger partial charge >= 0.3 is 0 Å². The van der Waals surface area contributed by atoms with Crippen molar-refractivity contribution in [1.82, 2.24) is 19.7 Å². The van der Waals surface area contributed by atoms with Gasteiger partial charge in [0.05, 0.1) is 5.56 Å². The number of pyridine rings is 1. The van der Waals surface area contributed by atoms with Crippen molar-refractivity contribution in [2.75, 3.05) is 0 Å². The van der Waals surface area contributed by atoms with Gasteiger partial charge in [0.15, 0.2) is 11.0 Å². The summed E-state index contributed by atoms with van der Waals surface area (Å²) in [6.45, 7) is 3.98. The van der Waals surface area contributed by atoms with Crippen molar-refractivity contribution in [2.45, 2.75) is 30.7 Å². The maximum Gasteiger partial charge on any atom is 0.191 e. The molecule has 0 spiro atoms. The largest absolute Gasteiger partial charge is 0.508 e. The molecule has 3 aromatic rings. The van der Waals surface area contributed by atoms with Gasteiger partial charge in [0.1, 0.15) is 11.5 Å². The van der Waals surface area contributed by atoms with Crippen LogP contribution in [0.25, 0.3) is 11.4 Å². The molecule has 2 N–H and O–H groups in total. The predicted octanol–water partition coefficient (Wildman–Crippen LogP) is 3.70. The van der Waals surface area contributed by atoms with E-state index in [2.05, 4.69) is 15.2 Å². The minimum Gasteiger partial charge on any atom is -0.508 e. The number of benzene rings is 1. The monoisotopic (exact) mass is 356 g/mol. The molecule has 0 atom stereocenters. The molecule has 2 aromatic heterocycles. The molecule has 0 radical (unpaired) electrons. The van der Waals surface area contributed by atoms with E-state index in [9.17, 15) is 10.2 Å². The topological polar surface area (TPSA) is 84.1 Å². The average molecular weight is 356 g/mol. The molecule has 0 bridgehead atoms. The Morgan fingerprint density at radius 2 is 1.96 bits per heavy atom. The van der Waals surface area contributed by atoms with Crippen LogP contribution in [0.3, 0.4) is 0 Å². The van der Waals surface area contributed by atoms with Gasteiger partial charge in [-0.1, -0.05) is 31.7 Å². The van der Waals surface area contributed by atoms with E-state index in [1.54, 1.807) is 24.0 Å². The summed E-state index contributed by atoms with van der Waals surface area (Å²) in [4.78, 5) is 4.11. The van der Waals surface area contributed by atoms with Crippen molar-refractivity contribution in [3.05, 3.63) is 47.8 Å². The van der Waals surface area contributed by atoms with Gasteiger partial charge in [-0.05, 0) is 29.2 Å². The summed E-state index contributed by atoms with van der Waals surface area (Å²) in [5.74, 6) is 1.50. The molecule has 1 aromatic carbocycles. The van der Waals surface area contributed by atoms with Crippen molar-refractivity contribution < 1.29 is 10.2 Å². The minimum absolute atomic E-state index is 0.0128. The highest BCUT2D eigenvalue weighted by Gasteiger charge is 2.18. The second kappa shape index (κ2) is 7.14. The molecular formula is C18H20N4O2S. The molecular weight excluding hydrogens is 336 g/mol. The number of aromatic hydroxyl groups is 2. The Bertz CT molecular complexity index is 878. The first-order chi connectivity index (χ1) is 12.0. The van der Waals surface area contributed by atoms with Crippen LogP contribution in [0, 0.1) is 0 Å². The maximum atomic E-state index is 10.2. The van der Waals surface area contributed by atoms with Crippen LogP contribution >= 0.6 is 11.8 Å². The Kier molecular flexibility index (Phi) is 4.94. The standard InChI is InChI=1S/C18H20N4O2S/c1-11(2)13-7-14(16(24)8-15(13)23)17-20-21-18(22(17)3)25-10-12-5-4-6-19-9-12/h4-9,11,23-24H,10H2,1-3H3. The van der Waals surface area contributed by atoms with E-state index in [4.69, 9.17) is 0 Å². The zero-order chi connectivity index (χ0) is 18.0. The number of thioether (sulfide) groups is 1. The lowest BCUT2D eigenvalue weighted by Crippen LogP contribution is -1.97. The Morgan fingerprint density at radius 3 is 2.64 bits per heavy atom. The third kappa shape index (κ3) is 3.61.